The highest BCUT2D eigenvalue weighted by Gasteiger charge is 2.55. The summed E-state index contributed by atoms with van der Waals surface area (Å²) in [5.74, 6) is -8.42. The Morgan fingerprint density at radius 3 is 1.65 bits per heavy atom. The lowest BCUT2D eigenvalue weighted by Crippen LogP contribution is -2.59. The predicted molar refractivity (Wildman–Crippen MR) is 55.0 cm³/mol. The molecule has 7 nitrogen and oxygen atoms in total. The van der Waals surface area contributed by atoms with E-state index < -0.39 is 30.1 Å². The van der Waals surface area contributed by atoms with E-state index in [4.69, 9.17) is 15.3 Å². The molecule has 0 aliphatic heterocycles. The number of carbonyl (C=O) groups excluding carboxylic acids is 2. The van der Waals surface area contributed by atoms with E-state index in [0.717, 1.165) is 0 Å². The summed E-state index contributed by atoms with van der Waals surface area (Å²) >= 11 is 0. The number of hydrogen-bond acceptors (Lipinski definition) is 7. The summed E-state index contributed by atoms with van der Waals surface area (Å²) < 4.78 is 8.95. The SMILES string of the molecule is C=CC(=O)OC(CC)(OC(=O)C=C)C(O)(O)O. The van der Waals surface area contributed by atoms with Crippen molar-refractivity contribution in [1.82, 2.24) is 0 Å². The van der Waals surface area contributed by atoms with Gasteiger partial charge in [0.15, 0.2) is 0 Å². The highest BCUT2D eigenvalue weighted by atomic mass is 16.8. The van der Waals surface area contributed by atoms with Gasteiger partial charge in [-0.2, -0.15) is 0 Å². The Morgan fingerprint density at radius 2 is 1.47 bits per heavy atom. The topological polar surface area (TPSA) is 113 Å². The maximum Gasteiger partial charge on any atom is 0.357 e. The third kappa shape index (κ3) is 3.66. The summed E-state index contributed by atoms with van der Waals surface area (Å²) in [6, 6.07) is 0. The highest BCUT2D eigenvalue weighted by molar-refractivity contribution is 5.83. The Bertz CT molecular complexity index is 304. The number of esters is 2. The van der Waals surface area contributed by atoms with Gasteiger partial charge in [0.05, 0.1) is 0 Å². The summed E-state index contributed by atoms with van der Waals surface area (Å²) in [7, 11) is 0. The second kappa shape index (κ2) is 5.58. The monoisotopic (exact) mass is 246 g/mol. The molecule has 0 bridgehead atoms. The van der Waals surface area contributed by atoms with Gasteiger partial charge >= 0.3 is 23.7 Å². The fourth-order valence-electron chi connectivity index (χ4n) is 0.948. The first-order chi connectivity index (χ1) is 7.72. The highest BCUT2D eigenvalue weighted by Crippen LogP contribution is 2.28. The van der Waals surface area contributed by atoms with Crippen molar-refractivity contribution < 1.29 is 34.4 Å². The fourth-order valence-corrected chi connectivity index (χ4v) is 0.948. The van der Waals surface area contributed by atoms with Crippen LogP contribution >= 0.6 is 0 Å². The zero-order chi connectivity index (χ0) is 13.7. The van der Waals surface area contributed by atoms with E-state index in [1.165, 1.54) is 6.92 Å². The van der Waals surface area contributed by atoms with E-state index in [1.54, 1.807) is 0 Å². The molecule has 0 amide bonds. The van der Waals surface area contributed by atoms with Crippen LogP contribution < -0.4 is 0 Å². The van der Waals surface area contributed by atoms with E-state index >= 15 is 0 Å². The molecular formula is C10H14O7. The van der Waals surface area contributed by atoms with Crippen LogP contribution in [0.25, 0.3) is 0 Å². The van der Waals surface area contributed by atoms with Crippen LogP contribution in [-0.2, 0) is 19.1 Å². The summed E-state index contributed by atoms with van der Waals surface area (Å²) in [5.41, 5.74) is 0. The van der Waals surface area contributed by atoms with Crippen molar-refractivity contribution in [2.24, 2.45) is 0 Å². The minimum atomic E-state index is -3.56. The molecule has 3 N–H and O–H groups in total. The van der Waals surface area contributed by atoms with Crippen molar-refractivity contribution in [3.8, 4) is 0 Å². The minimum Gasteiger partial charge on any atom is -0.411 e. The zero-order valence-electron chi connectivity index (χ0n) is 9.25. The van der Waals surface area contributed by atoms with Crippen molar-refractivity contribution in [2.75, 3.05) is 0 Å². The van der Waals surface area contributed by atoms with Gasteiger partial charge in [-0.15, -0.1) is 0 Å². The van der Waals surface area contributed by atoms with E-state index in [0.29, 0.717) is 12.2 Å². The van der Waals surface area contributed by atoms with Gasteiger partial charge in [-0.05, 0) is 0 Å². The van der Waals surface area contributed by atoms with Gasteiger partial charge in [0.25, 0.3) is 0 Å². The standard InChI is InChI=1S/C10H14O7/c1-4-7(11)16-9(6-3,10(13,14)15)17-8(12)5-2/h4-5,13-15H,1-2,6H2,3H3. The molecular weight excluding hydrogens is 232 g/mol. The Hall–Kier alpha value is -1.70. The van der Waals surface area contributed by atoms with Crippen LogP contribution in [0.1, 0.15) is 13.3 Å². The maximum absolute atomic E-state index is 11.0. The third-order valence-electron chi connectivity index (χ3n) is 1.84. The van der Waals surface area contributed by atoms with Gasteiger partial charge < -0.3 is 24.8 Å². The lowest BCUT2D eigenvalue weighted by molar-refractivity contribution is -0.443. The van der Waals surface area contributed by atoms with Crippen LogP contribution in [-0.4, -0.2) is 39.0 Å². The number of hydrogen-bond donors (Lipinski definition) is 3. The molecule has 0 aromatic rings. The van der Waals surface area contributed by atoms with Crippen molar-refractivity contribution in [1.29, 1.82) is 0 Å². The lowest BCUT2D eigenvalue weighted by Gasteiger charge is -2.36. The van der Waals surface area contributed by atoms with Crippen molar-refractivity contribution in [2.45, 2.75) is 25.1 Å². The maximum atomic E-state index is 11.0. The number of carbonyl (C=O) groups is 2. The Morgan fingerprint density at radius 1 is 1.12 bits per heavy atom. The summed E-state index contributed by atoms with van der Waals surface area (Å²) in [6.07, 6.45) is 1.01. The quantitative estimate of drug-likeness (QED) is 0.319. The van der Waals surface area contributed by atoms with Gasteiger partial charge in [-0.3, -0.25) is 0 Å². The van der Waals surface area contributed by atoms with Crippen LogP contribution in [0.5, 0.6) is 0 Å². The lowest BCUT2D eigenvalue weighted by atomic mass is 10.1. The number of rotatable bonds is 6. The van der Waals surface area contributed by atoms with Crippen LogP contribution in [0.15, 0.2) is 25.3 Å². The van der Waals surface area contributed by atoms with E-state index in [9.17, 15) is 9.59 Å². The van der Waals surface area contributed by atoms with Gasteiger partial charge in [0.2, 0.25) is 0 Å². The van der Waals surface area contributed by atoms with Crippen LogP contribution in [0.3, 0.4) is 0 Å². The Labute approximate surface area is 97.6 Å². The predicted octanol–water partition coefficient (Wildman–Crippen LogP) is -0.818. The van der Waals surface area contributed by atoms with Gasteiger partial charge in [-0.25, -0.2) is 9.59 Å². The molecule has 17 heavy (non-hydrogen) atoms. The number of aliphatic hydroxyl groups is 3. The van der Waals surface area contributed by atoms with Gasteiger partial charge in [0.1, 0.15) is 0 Å². The Balaban J connectivity index is 5.29. The fraction of sp³-hybridized carbons (Fsp3) is 0.400. The first-order valence-electron chi connectivity index (χ1n) is 4.60. The first-order valence-corrected chi connectivity index (χ1v) is 4.60. The average molecular weight is 246 g/mol. The molecule has 0 aliphatic carbocycles. The molecule has 0 aliphatic rings. The molecule has 0 saturated carbocycles. The molecule has 0 fully saturated rings. The Kier molecular flexibility index (Phi) is 5.02. The normalized spacial score (nSPS) is 11.5. The van der Waals surface area contributed by atoms with Gasteiger partial charge in [-0.1, -0.05) is 20.1 Å². The molecule has 7 heteroatoms. The smallest absolute Gasteiger partial charge is 0.357 e. The molecule has 0 radical (unpaired) electrons. The van der Waals surface area contributed by atoms with Crippen molar-refractivity contribution >= 4 is 11.9 Å². The molecule has 96 valence electrons. The summed E-state index contributed by atoms with van der Waals surface area (Å²) in [6.45, 7) is 7.46. The zero-order valence-corrected chi connectivity index (χ0v) is 9.25. The van der Waals surface area contributed by atoms with Crippen LogP contribution in [0, 0.1) is 0 Å². The molecule has 0 heterocycles. The number of ether oxygens (including phenoxy) is 2. The minimum absolute atomic E-state index is 0.407. The second-order valence-electron chi connectivity index (χ2n) is 2.99. The van der Waals surface area contributed by atoms with E-state index in [1.807, 2.05) is 0 Å². The molecule has 0 aromatic carbocycles. The van der Waals surface area contributed by atoms with Gasteiger partial charge in [0, 0.05) is 18.6 Å². The average Bonchev–Trinajstić information content (AvgIpc) is 2.25. The molecule has 0 spiro atoms. The van der Waals surface area contributed by atoms with E-state index in [2.05, 4.69) is 22.6 Å². The summed E-state index contributed by atoms with van der Waals surface area (Å²) in [4.78, 5) is 22.0. The van der Waals surface area contributed by atoms with Crippen LogP contribution in [0.4, 0.5) is 0 Å². The third-order valence-corrected chi connectivity index (χ3v) is 1.84. The summed E-state index contributed by atoms with van der Waals surface area (Å²) in [5, 5.41) is 27.3. The largest absolute Gasteiger partial charge is 0.411 e. The van der Waals surface area contributed by atoms with E-state index in [-0.39, 0.29) is 0 Å². The van der Waals surface area contributed by atoms with Crippen LogP contribution in [0.2, 0.25) is 0 Å². The van der Waals surface area contributed by atoms with Crippen molar-refractivity contribution in [3.05, 3.63) is 25.3 Å². The second-order valence-corrected chi connectivity index (χ2v) is 2.99. The molecule has 0 rings (SSSR count). The molecule has 0 saturated heterocycles. The first kappa shape index (κ1) is 15.3. The van der Waals surface area contributed by atoms with Crippen molar-refractivity contribution in [3.63, 3.8) is 0 Å². The molecule has 0 aromatic heterocycles. The molecule has 0 unspecified atom stereocenters. The molecule has 0 atom stereocenters.